The molecule has 2 N–H and O–H groups in total. The number of ether oxygens (including phenoxy) is 1. The van der Waals surface area contributed by atoms with Gasteiger partial charge in [0.25, 0.3) is 5.69 Å². The summed E-state index contributed by atoms with van der Waals surface area (Å²) in [4.78, 5) is 10.4. The molecule has 98 valence electrons. The lowest BCUT2D eigenvalue weighted by Crippen LogP contribution is -2.40. The van der Waals surface area contributed by atoms with E-state index in [-0.39, 0.29) is 5.69 Å². The van der Waals surface area contributed by atoms with Crippen LogP contribution in [0.25, 0.3) is 0 Å². The Morgan fingerprint density at radius 1 is 1.28 bits per heavy atom. The minimum Gasteiger partial charge on any atom is -0.388 e. The molecule has 0 saturated carbocycles. The van der Waals surface area contributed by atoms with Gasteiger partial charge in [0.2, 0.25) is 0 Å². The summed E-state index contributed by atoms with van der Waals surface area (Å²) in [6.45, 7) is 2.86. The van der Waals surface area contributed by atoms with Gasteiger partial charge in [0, 0.05) is 38.0 Å². The standard InChI is InChI=1S/C11H16N4O3/c1-12-9-6-10(8-11(7-9)15(16)17)13-14-2-4-18-5-3-14/h6-8,12-13H,2-5H2,1H3. The molecule has 0 aromatic heterocycles. The van der Waals surface area contributed by atoms with Crippen LogP contribution in [0.2, 0.25) is 0 Å². The smallest absolute Gasteiger partial charge is 0.273 e. The number of nitro groups is 1. The molecule has 0 spiro atoms. The number of non-ortho nitro benzene ring substituents is 1. The number of hydrogen-bond donors (Lipinski definition) is 2. The van der Waals surface area contributed by atoms with Gasteiger partial charge in [-0.1, -0.05) is 0 Å². The molecule has 7 heteroatoms. The number of nitrogens with zero attached hydrogens (tertiary/aromatic N) is 2. The average Bonchev–Trinajstić information content (AvgIpc) is 2.39. The summed E-state index contributed by atoms with van der Waals surface area (Å²) >= 11 is 0. The molecule has 0 atom stereocenters. The number of nitrogens with one attached hydrogen (secondary N) is 2. The van der Waals surface area contributed by atoms with E-state index in [0.717, 1.165) is 13.1 Å². The zero-order chi connectivity index (χ0) is 13.0. The Labute approximate surface area is 105 Å². The van der Waals surface area contributed by atoms with Crippen LogP contribution < -0.4 is 10.7 Å². The van der Waals surface area contributed by atoms with Crippen molar-refractivity contribution in [3.05, 3.63) is 28.3 Å². The average molecular weight is 252 g/mol. The van der Waals surface area contributed by atoms with Gasteiger partial charge in [-0.2, -0.15) is 0 Å². The maximum absolute atomic E-state index is 10.8. The van der Waals surface area contributed by atoms with E-state index >= 15 is 0 Å². The minimum atomic E-state index is -0.397. The van der Waals surface area contributed by atoms with Crippen molar-refractivity contribution in [3.63, 3.8) is 0 Å². The highest BCUT2D eigenvalue weighted by Gasteiger charge is 2.13. The van der Waals surface area contributed by atoms with E-state index in [9.17, 15) is 10.1 Å². The lowest BCUT2D eigenvalue weighted by atomic mass is 10.2. The van der Waals surface area contributed by atoms with Crippen LogP contribution in [-0.2, 0) is 4.74 Å². The van der Waals surface area contributed by atoms with Crippen molar-refractivity contribution >= 4 is 17.1 Å². The van der Waals surface area contributed by atoms with Crippen LogP contribution in [0.15, 0.2) is 18.2 Å². The molecule has 0 amide bonds. The first kappa shape index (κ1) is 12.6. The molecule has 1 fully saturated rings. The summed E-state index contributed by atoms with van der Waals surface area (Å²) in [5, 5.41) is 15.7. The van der Waals surface area contributed by atoms with Gasteiger partial charge in [0.1, 0.15) is 0 Å². The van der Waals surface area contributed by atoms with Gasteiger partial charge in [-0.3, -0.25) is 10.1 Å². The SMILES string of the molecule is CNc1cc(NN2CCOCC2)cc([N+](=O)[O-])c1. The second-order valence-corrected chi connectivity index (χ2v) is 3.99. The Kier molecular flexibility index (Phi) is 3.96. The fourth-order valence-corrected chi connectivity index (χ4v) is 1.78. The molecule has 1 saturated heterocycles. The fraction of sp³-hybridized carbons (Fsp3) is 0.455. The molecule has 0 radical (unpaired) electrons. The summed E-state index contributed by atoms with van der Waals surface area (Å²) in [5.74, 6) is 0. The van der Waals surface area contributed by atoms with Crippen LogP contribution in [0, 0.1) is 10.1 Å². The van der Waals surface area contributed by atoms with Gasteiger partial charge in [0.05, 0.1) is 23.8 Å². The van der Waals surface area contributed by atoms with Crippen LogP contribution in [0.1, 0.15) is 0 Å². The monoisotopic (exact) mass is 252 g/mol. The number of hydrazine groups is 1. The molecule has 1 aromatic rings. The van der Waals surface area contributed by atoms with E-state index in [1.165, 1.54) is 12.1 Å². The van der Waals surface area contributed by atoms with Crippen molar-refractivity contribution in [1.82, 2.24) is 5.01 Å². The molecule has 1 heterocycles. The third-order valence-electron chi connectivity index (χ3n) is 2.72. The third-order valence-corrected chi connectivity index (χ3v) is 2.72. The topological polar surface area (TPSA) is 79.7 Å². The summed E-state index contributed by atoms with van der Waals surface area (Å²) < 4.78 is 5.24. The van der Waals surface area contributed by atoms with E-state index in [1.54, 1.807) is 7.05 Å². The van der Waals surface area contributed by atoms with E-state index in [0.29, 0.717) is 24.6 Å². The Balaban J connectivity index is 2.15. The molecule has 2 rings (SSSR count). The van der Waals surface area contributed by atoms with Gasteiger partial charge < -0.3 is 15.5 Å². The largest absolute Gasteiger partial charge is 0.388 e. The maximum Gasteiger partial charge on any atom is 0.273 e. The van der Waals surface area contributed by atoms with E-state index in [4.69, 9.17) is 4.74 Å². The number of hydrogen-bond acceptors (Lipinski definition) is 6. The number of nitro benzene ring substituents is 1. The van der Waals surface area contributed by atoms with E-state index < -0.39 is 4.92 Å². The first-order valence-corrected chi connectivity index (χ1v) is 5.75. The van der Waals surface area contributed by atoms with Crippen LogP contribution in [0.5, 0.6) is 0 Å². The van der Waals surface area contributed by atoms with Gasteiger partial charge in [-0.15, -0.1) is 0 Å². The lowest BCUT2D eigenvalue weighted by Gasteiger charge is -2.28. The number of morpholine rings is 1. The fourth-order valence-electron chi connectivity index (χ4n) is 1.78. The maximum atomic E-state index is 10.8. The van der Waals surface area contributed by atoms with Gasteiger partial charge >= 0.3 is 0 Å². The normalized spacial score (nSPS) is 16.3. The lowest BCUT2D eigenvalue weighted by molar-refractivity contribution is -0.384. The van der Waals surface area contributed by atoms with Crippen molar-refractivity contribution < 1.29 is 9.66 Å². The number of benzene rings is 1. The highest BCUT2D eigenvalue weighted by atomic mass is 16.6. The first-order valence-electron chi connectivity index (χ1n) is 5.75. The van der Waals surface area contributed by atoms with Crippen molar-refractivity contribution in [1.29, 1.82) is 0 Å². The molecule has 1 aliphatic rings. The second kappa shape index (κ2) is 5.65. The molecular formula is C11H16N4O3. The zero-order valence-electron chi connectivity index (χ0n) is 10.2. The van der Waals surface area contributed by atoms with Gasteiger partial charge in [-0.05, 0) is 6.07 Å². The van der Waals surface area contributed by atoms with E-state index in [1.807, 2.05) is 11.1 Å². The van der Waals surface area contributed by atoms with Crippen LogP contribution in [-0.4, -0.2) is 43.3 Å². The minimum absolute atomic E-state index is 0.0672. The predicted octanol–water partition coefficient (Wildman–Crippen LogP) is 1.30. The molecule has 1 aliphatic heterocycles. The van der Waals surface area contributed by atoms with Crippen LogP contribution in [0.3, 0.4) is 0 Å². The van der Waals surface area contributed by atoms with Gasteiger partial charge in [0.15, 0.2) is 0 Å². The summed E-state index contributed by atoms with van der Waals surface area (Å²) in [7, 11) is 1.73. The van der Waals surface area contributed by atoms with Crippen molar-refractivity contribution in [3.8, 4) is 0 Å². The van der Waals surface area contributed by atoms with Crippen molar-refractivity contribution in [2.24, 2.45) is 0 Å². The van der Waals surface area contributed by atoms with Crippen LogP contribution in [0.4, 0.5) is 17.1 Å². The summed E-state index contributed by atoms with van der Waals surface area (Å²) in [5.41, 5.74) is 4.64. The second-order valence-electron chi connectivity index (χ2n) is 3.99. The van der Waals surface area contributed by atoms with Gasteiger partial charge in [-0.25, -0.2) is 5.01 Å². The Hall–Kier alpha value is -1.86. The Bertz CT molecular complexity index is 432. The zero-order valence-corrected chi connectivity index (χ0v) is 10.2. The number of anilines is 2. The molecule has 0 aliphatic carbocycles. The molecule has 18 heavy (non-hydrogen) atoms. The first-order chi connectivity index (χ1) is 8.69. The molecule has 7 nitrogen and oxygen atoms in total. The highest BCUT2D eigenvalue weighted by molar-refractivity contribution is 5.62. The molecule has 0 unspecified atom stereocenters. The Morgan fingerprint density at radius 3 is 2.56 bits per heavy atom. The highest BCUT2D eigenvalue weighted by Crippen LogP contribution is 2.24. The molecular weight excluding hydrogens is 236 g/mol. The Morgan fingerprint density at radius 2 is 1.94 bits per heavy atom. The predicted molar refractivity (Wildman–Crippen MR) is 68.7 cm³/mol. The summed E-state index contributed by atoms with van der Waals surface area (Å²) in [6, 6.07) is 4.86. The van der Waals surface area contributed by atoms with Crippen molar-refractivity contribution in [2.75, 3.05) is 44.1 Å². The van der Waals surface area contributed by atoms with E-state index in [2.05, 4.69) is 10.7 Å². The quantitative estimate of drug-likeness (QED) is 0.621. The summed E-state index contributed by atoms with van der Waals surface area (Å²) in [6.07, 6.45) is 0. The molecule has 1 aromatic carbocycles. The number of rotatable bonds is 4. The van der Waals surface area contributed by atoms with Crippen molar-refractivity contribution in [2.45, 2.75) is 0 Å². The van der Waals surface area contributed by atoms with Crippen LogP contribution >= 0.6 is 0 Å². The molecule has 0 bridgehead atoms. The third kappa shape index (κ3) is 3.08.